The summed E-state index contributed by atoms with van der Waals surface area (Å²) in [6.45, 7) is 5.32. The zero-order chi connectivity index (χ0) is 14.9. The standard InChI is InChI=1S/C16H21NO4/c1-7(2)16(18)21-13-6-9-4-11(13)15-8-3-10(14(9)15)12(5-8)17(19)20/h8-15H,1,3-6H2,2H3. The molecular formula is C16H21NO4. The fourth-order valence-electron chi connectivity index (χ4n) is 6.12. The summed E-state index contributed by atoms with van der Waals surface area (Å²) in [5.74, 6) is 2.53. The van der Waals surface area contributed by atoms with Crippen molar-refractivity contribution in [1.82, 2.24) is 0 Å². The molecule has 0 aromatic carbocycles. The second-order valence-corrected chi connectivity index (χ2v) is 7.52. The number of carbonyl (C=O) groups is 1. The van der Waals surface area contributed by atoms with Crippen LogP contribution in [-0.2, 0) is 9.53 Å². The van der Waals surface area contributed by atoms with Crippen LogP contribution in [0.3, 0.4) is 0 Å². The highest BCUT2D eigenvalue weighted by molar-refractivity contribution is 5.87. The maximum absolute atomic E-state index is 11.8. The summed E-state index contributed by atoms with van der Waals surface area (Å²) in [6.07, 6.45) is 3.78. The highest BCUT2D eigenvalue weighted by atomic mass is 16.6. The molecule has 0 aromatic heterocycles. The van der Waals surface area contributed by atoms with Gasteiger partial charge in [0.2, 0.25) is 6.04 Å². The van der Waals surface area contributed by atoms with Crippen LogP contribution in [0.2, 0.25) is 0 Å². The Morgan fingerprint density at radius 1 is 1.14 bits per heavy atom. The Morgan fingerprint density at radius 2 is 1.76 bits per heavy atom. The number of esters is 1. The summed E-state index contributed by atoms with van der Waals surface area (Å²) in [5, 5.41) is 11.2. The van der Waals surface area contributed by atoms with Crippen molar-refractivity contribution in [2.75, 3.05) is 0 Å². The van der Waals surface area contributed by atoms with Crippen LogP contribution < -0.4 is 0 Å². The smallest absolute Gasteiger partial charge is 0.333 e. The van der Waals surface area contributed by atoms with E-state index in [-0.39, 0.29) is 29.0 Å². The molecule has 8 unspecified atom stereocenters. The minimum absolute atomic E-state index is 0.0221. The van der Waals surface area contributed by atoms with Gasteiger partial charge in [-0.05, 0) is 55.8 Å². The Morgan fingerprint density at radius 3 is 2.43 bits per heavy atom. The topological polar surface area (TPSA) is 69.4 Å². The summed E-state index contributed by atoms with van der Waals surface area (Å²) in [6, 6.07) is -0.313. The van der Waals surface area contributed by atoms with Gasteiger partial charge >= 0.3 is 5.97 Å². The lowest BCUT2D eigenvalue weighted by atomic mass is 9.68. The quantitative estimate of drug-likeness (QED) is 0.263. The van der Waals surface area contributed by atoms with Crippen molar-refractivity contribution in [3.63, 3.8) is 0 Å². The van der Waals surface area contributed by atoms with Crippen molar-refractivity contribution >= 4 is 5.97 Å². The van der Waals surface area contributed by atoms with Crippen LogP contribution in [0.4, 0.5) is 0 Å². The van der Waals surface area contributed by atoms with Crippen molar-refractivity contribution in [2.24, 2.45) is 35.5 Å². The molecule has 0 heterocycles. The third-order valence-corrected chi connectivity index (χ3v) is 6.60. The van der Waals surface area contributed by atoms with Crippen molar-refractivity contribution in [3.8, 4) is 0 Å². The van der Waals surface area contributed by atoms with E-state index in [0.29, 0.717) is 35.2 Å². The van der Waals surface area contributed by atoms with Gasteiger partial charge in [-0.15, -0.1) is 0 Å². The predicted molar refractivity (Wildman–Crippen MR) is 74.9 cm³/mol. The van der Waals surface area contributed by atoms with E-state index in [2.05, 4.69) is 6.58 Å². The molecule has 0 spiro atoms. The first-order valence-corrected chi connectivity index (χ1v) is 7.97. The SMILES string of the molecule is C=C(C)C(=O)OC1CC2CC1C1C3CC(C21)C([N+](=O)[O-])C3. The van der Waals surface area contributed by atoms with Gasteiger partial charge in [-0.25, -0.2) is 4.79 Å². The van der Waals surface area contributed by atoms with E-state index in [0.717, 1.165) is 25.7 Å². The largest absolute Gasteiger partial charge is 0.459 e. The molecule has 0 N–H and O–H groups in total. The Labute approximate surface area is 123 Å². The summed E-state index contributed by atoms with van der Waals surface area (Å²) >= 11 is 0. The van der Waals surface area contributed by atoms with Gasteiger partial charge in [0.15, 0.2) is 0 Å². The van der Waals surface area contributed by atoms with Crippen LogP contribution in [0, 0.1) is 45.6 Å². The van der Waals surface area contributed by atoms with Crippen molar-refractivity contribution < 1.29 is 14.5 Å². The number of carbonyl (C=O) groups excluding carboxylic acids is 1. The van der Waals surface area contributed by atoms with Gasteiger partial charge in [0.05, 0.1) is 0 Å². The van der Waals surface area contributed by atoms with Gasteiger partial charge < -0.3 is 4.74 Å². The zero-order valence-electron chi connectivity index (χ0n) is 12.2. The summed E-state index contributed by atoms with van der Waals surface area (Å²) < 4.78 is 5.62. The van der Waals surface area contributed by atoms with Crippen LogP contribution in [0.25, 0.3) is 0 Å². The molecule has 114 valence electrons. The second kappa shape index (κ2) is 4.31. The first kappa shape index (κ1) is 13.3. The van der Waals surface area contributed by atoms with Crippen LogP contribution in [0.15, 0.2) is 12.2 Å². The zero-order valence-corrected chi connectivity index (χ0v) is 12.2. The monoisotopic (exact) mass is 291 g/mol. The minimum atomic E-state index is -0.313. The van der Waals surface area contributed by atoms with Crippen LogP contribution in [-0.4, -0.2) is 23.0 Å². The van der Waals surface area contributed by atoms with Gasteiger partial charge in [0, 0.05) is 22.8 Å². The van der Waals surface area contributed by atoms with Crippen LogP contribution >= 0.6 is 0 Å². The van der Waals surface area contributed by atoms with Gasteiger partial charge in [0.25, 0.3) is 0 Å². The van der Waals surface area contributed by atoms with E-state index in [4.69, 9.17) is 4.74 Å². The predicted octanol–water partition coefficient (Wildman–Crippen LogP) is 2.43. The lowest BCUT2D eigenvalue weighted by Gasteiger charge is -2.38. The maximum Gasteiger partial charge on any atom is 0.333 e. The highest BCUT2D eigenvalue weighted by Gasteiger charge is 2.68. The molecule has 5 heteroatoms. The fourth-order valence-corrected chi connectivity index (χ4v) is 6.12. The molecule has 4 rings (SSSR count). The summed E-state index contributed by atoms with van der Waals surface area (Å²) in [5.41, 5.74) is 0.454. The van der Waals surface area contributed by atoms with Crippen LogP contribution in [0.1, 0.15) is 32.6 Å². The number of hydrogen-bond donors (Lipinski definition) is 0. The van der Waals surface area contributed by atoms with E-state index < -0.39 is 0 Å². The molecule has 5 nitrogen and oxygen atoms in total. The second-order valence-electron chi connectivity index (χ2n) is 7.52. The van der Waals surface area contributed by atoms with E-state index in [1.807, 2.05) is 0 Å². The third-order valence-electron chi connectivity index (χ3n) is 6.60. The third kappa shape index (κ3) is 1.72. The van der Waals surface area contributed by atoms with Gasteiger partial charge in [-0.3, -0.25) is 10.1 Å². The minimum Gasteiger partial charge on any atom is -0.459 e. The number of hydrogen-bond acceptors (Lipinski definition) is 4. The molecule has 0 saturated heterocycles. The molecule has 4 bridgehead atoms. The van der Waals surface area contributed by atoms with E-state index in [1.165, 1.54) is 0 Å². The number of nitro groups is 1. The van der Waals surface area contributed by atoms with Crippen molar-refractivity contribution in [2.45, 2.75) is 44.8 Å². The van der Waals surface area contributed by atoms with Crippen molar-refractivity contribution in [1.29, 1.82) is 0 Å². The summed E-state index contributed by atoms with van der Waals surface area (Å²) in [7, 11) is 0. The number of fused-ring (bicyclic) bond motifs is 9. The number of ether oxygens (including phenoxy) is 1. The molecule has 21 heavy (non-hydrogen) atoms. The van der Waals surface area contributed by atoms with E-state index >= 15 is 0 Å². The lowest BCUT2D eigenvalue weighted by molar-refractivity contribution is -0.534. The Hall–Kier alpha value is -1.39. The van der Waals surface area contributed by atoms with Gasteiger partial charge in [-0.1, -0.05) is 6.58 Å². The van der Waals surface area contributed by atoms with E-state index in [9.17, 15) is 14.9 Å². The number of nitrogens with zero attached hydrogens (tertiary/aromatic N) is 1. The van der Waals surface area contributed by atoms with Gasteiger partial charge in [0.1, 0.15) is 6.10 Å². The maximum atomic E-state index is 11.8. The molecule has 0 radical (unpaired) electrons. The Balaban J connectivity index is 1.51. The first-order valence-electron chi connectivity index (χ1n) is 7.97. The van der Waals surface area contributed by atoms with Gasteiger partial charge in [-0.2, -0.15) is 0 Å². The molecule has 4 aliphatic rings. The average Bonchev–Trinajstić information content (AvgIpc) is 3.15. The van der Waals surface area contributed by atoms with Crippen LogP contribution in [0.5, 0.6) is 0 Å². The molecule has 0 aliphatic heterocycles. The Bertz CT molecular complexity index is 530. The summed E-state index contributed by atoms with van der Waals surface area (Å²) in [4.78, 5) is 22.9. The van der Waals surface area contributed by atoms with Crippen molar-refractivity contribution in [3.05, 3.63) is 22.3 Å². The lowest BCUT2D eigenvalue weighted by Crippen LogP contribution is -2.43. The number of rotatable bonds is 3. The first-order chi connectivity index (χ1) is 9.97. The fraction of sp³-hybridized carbons (Fsp3) is 0.812. The highest BCUT2D eigenvalue weighted by Crippen LogP contribution is 2.68. The molecule has 4 aliphatic carbocycles. The average molecular weight is 291 g/mol. The molecule has 8 atom stereocenters. The Kier molecular flexibility index (Phi) is 2.72. The normalized spacial score (nSPS) is 49.2. The molecule has 0 aromatic rings. The van der Waals surface area contributed by atoms with E-state index in [1.54, 1.807) is 6.92 Å². The molecule has 4 saturated carbocycles. The molecule has 0 amide bonds. The molecule has 4 fully saturated rings. The molecular weight excluding hydrogens is 270 g/mol.